The molecule has 27 heavy (non-hydrogen) atoms. The Morgan fingerprint density at radius 2 is 2.07 bits per heavy atom. The van der Waals surface area contributed by atoms with Crippen LogP contribution in [0.2, 0.25) is 0 Å². The molecule has 3 heterocycles. The Kier molecular flexibility index (Phi) is 6.35. The number of likely N-dealkylation sites (N-methyl/N-ethyl adjacent to an activating group) is 1. The molecule has 2 aliphatic rings. The Balaban J connectivity index is 1.68. The zero-order valence-electron chi connectivity index (χ0n) is 16.3. The lowest BCUT2D eigenvalue weighted by atomic mass is 10.1. The molecular formula is C18H29FN4O3S. The Hall–Kier alpha value is -1.29. The second kappa shape index (κ2) is 8.38. The van der Waals surface area contributed by atoms with Crippen molar-refractivity contribution in [3.8, 4) is 0 Å². The normalized spacial score (nSPS) is 21.8. The lowest BCUT2D eigenvalue weighted by molar-refractivity contribution is 0.115. The second-order valence-corrected chi connectivity index (χ2v) is 9.11. The van der Waals surface area contributed by atoms with Crippen LogP contribution < -0.4 is 4.90 Å². The molecule has 0 spiro atoms. The minimum Gasteiger partial charge on any atom is -0.380 e. The van der Waals surface area contributed by atoms with E-state index in [1.165, 1.54) is 10.5 Å². The van der Waals surface area contributed by atoms with E-state index in [1.807, 2.05) is 4.90 Å². The summed E-state index contributed by atoms with van der Waals surface area (Å²) < 4.78 is 46.6. The van der Waals surface area contributed by atoms with Crippen LogP contribution in [0.4, 0.5) is 10.2 Å². The topological polar surface area (TPSA) is 66.0 Å². The maximum atomic E-state index is 14.6. The van der Waals surface area contributed by atoms with E-state index in [9.17, 15) is 12.8 Å². The molecule has 2 saturated heterocycles. The summed E-state index contributed by atoms with van der Waals surface area (Å²) in [5.74, 6) is -0.357. The third-order valence-corrected chi connectivity index (χ3v) is 7.30. The van der Waals surface area contributed by atoms with Crippen molar-refractivity contribution in [3.63, 3.8) is 0 Å². The van der Waals surface area contributed by atoms with Gasteiger partial charge in [-0.2, -0.15) is 4.31 Å². The summed E-state index contributed by atoms with van der Waals surface area (Å²) in [7, 11) is -2.18. The van der Waals surface area contributed by atoms with Gasteiger partial charge in [0.2, 0.25) is 10.0 Å². The highest BCUT2D eigenvalue weighted by Gasteiger charge is 2.35. The number of pyridine rings is 1. The van der Waals surface area contributed by atoms with Gasteiger partial charge in [-0.05, 0) is 32.0 Å². The summed E-state index contributed by atoms with van der Waals surface area (Å²) in [5, 5.41) is 0. The second-order valence-electron chi connectivity index (χ2n) is 7.17. The molecule has 1 atom stereocenters. The van der Waals surface area contributed by atoms with Gasteiger partial charge >= 0.3 is 0 Å². The molecule has 0 saturated carbocycles. The van der Waals surface area contributed by atoms with Crippen molar-refractivity contribution in [1.82, 2.24) is 14.2 Å². The predicted octanol–water partition coefficient (Wildman–Crippen LogP) is 1.55. The summed E-state index contributed by atoms with van der Waals surface area (Å²) in [5.41, 5.74) is 0. The fourth-order valence-electron chi connectivity index (χ4n) is 3.79. The van der Waals surface area contributed by atoms with Crippen LogP contribution in [-0.2, 0) is 14.8 Å². The number of rotatable bonds is 8. The summed E-state index contributed by atoms with van der Waals surface area (Å²) >= 11 is 0. The third kappa shape index (κ3) is 4.11. The molecular weight excluding hydrogens is 371 g/mol. The lowest BCUT2D eigenvalue weighted by Crippen LogP contribution is -2.60. The number of ether oxygens (including phenoxy) is 1. The molecule has 7 nitrogen and oxygen atoms in total. The number of methoxy groups -OCH3 is 1. The van der Waals surface area contributed by atoms with Gasteiger partial charge in [0, 0.05) is 45.5 Å². The SMILES string of the molecule is CCCN(CC)C1CN(c2ncc(S(=O)(=O)N3CC[C@H](OC)C3)cc2F)C1. The Morgan fingerprint density at radius 3 is 2.63 bits per heavy atom. The van der Waals surface area contributed by atoms with Crippen LogP contribution in [-0.4, -0.2) is 81.1 Å². The summed E-state index contributed by atoms with van der Waals surface area (Å²) in [6.07, 6.45) is 2.89. The molecule has 2 fully saturated rings. The third-order valence-electron chi connectivity index (χ3n) is 5.47. The Labute approximate surface area is 161 Å². The van der Waals surface area contributed by atoms with E-state index in [4.69, 9.17) is 4.74 Å². The number of nitrogens with zero attached hydrogens (tertiary/aromatic N) is 4. The molecule has 0 bridgehead atoms. The van der Waals surface area contributed by atoms with Crippen molar-refractivity contribution < 1.29 is 17.5 Å². The largest absolute Gasteiger partial charge is 0.380 e. The smallest absolute Gasteiger partial charge is 0.244 e. The Bertz CT molecular complexity index is 755. The predicted molar refractivity (Wildman–Crippen MR) is 102 cm³/mol. The highest BCUT2D eigenvalue weighted by atomic mass is 32.2. The molecule has 2 aliphatic heterocycles. The first-order valence-electron chi connectivity index (χ1n) is 9.58. The fourth-order valence-corrected chi connectivity index (χ4v) is 5.23. The lowest BCUT2D eigenvalue weighted by Gasteiger charge is -2.45. The molecule has 3 rings (SSSR count). The highest BCUT2D eigenvalue weighted by Crippen LogP contribution is 2.28. The number of aromatic nitrogens is 1. The minimum atomic E-state index is -3.75. The number of halogens is 1. The summed E-state index contributed by atoms with van der Waals surface area (Å²) in [6, 6.07) is 1.49. The quantitative estimate of drug-likeness (QED) is 0.660. The van der Waals surface area contributed by atoms with Crippen molar-refractivity contribution in [2.24, 2.45) is 0 Å². The molecule has 1 aromatic rings. The van der Waals surface area contributed by atoms with Gasteiger partial charge in [0.05, 0.1) is 6.10 Å². The van der Waals surface area contributed by atoms with Gasteiger partial charge in [-0.25, -0.2) is 17.8 Å². The molecule has 9 heteroatoms. The van der Waals surface area contributed by atoms with Crippen molar-refractivity contribution in [2.45, 2.75) is 43.7 Å². The molecule has 0 amide bonds. The molecule has 0 N–H and O–H groups in total. The molecule has 0 unspecified atom stereocenters. The average molecular weight is 401 g/mol. The van der Waals surface area contributed by atoms with Gasteiger partial charge in [0.25, 0.3) is 0 Å². The first kappa shape index (κ1) is 20.4. The van der Waals surface area contributed by atoms with E-state index in [-0.39, 0.29) is 16.8 Å². The van der Waals surface area contributed by atoms with Gasteiger partial charge in [-0.3, -0.25) is 4.90 Å². The van der Waals surface area contributed by atoms with Crippen molar-refractivity contribution >= 4 is 15.8 Å². The van der Waals surface area contributed by atoms with Gasteiger partial charge in [-0.15, -0.1) is 0 Å². The van der Waals surface area contributed by atoms with Crippen LogP contribution in [0.15, 0.2) is 17.2 Å². The van der Waals surface area contributed by atoms with E-state index in [1.54, 1.807) is 7.11 Å². The molecule has 0 radical (unpaired) electrons. The number of hydrogen-bond donors (Lipinski definition) is 0. The molecule has 0 aromatic carbocycles. The van der Waals surface area contributed by atoms with E-state index in [0.717, 1.165) is 25.6 Å². The molecule has 0 aliphatic carbocycles. The van der Waals surface area contributed by atoms with Gasteiger partial charge < -0.3 is 9.64 Å². The van der Waals surface area contributed by atoms with Crippen molar-refractivity contribution in [2.75, 3.05) is 51.3 Å². The zero-order valence-corrected chi connectivity index (χ0v) is 17.1. The molecule has 1 aromatic heterocycles. The van der Waals surface area contributed by atoms with Crippen LogP contribution in [0.1, 0.15) is 26.7 Å². The minimum absolute atomic E-state index is 0.0984. The van der Waals surface area contributed by atoms with Crippen LogP contribution in [0.3, 0.4) is 0 Å². The highest BCUT2D eigenvalue weighted by molar-refractivity contribution is 7.89. The van der Waals surface area contributed by atoms with Gasteiger partial charge in [-0.1, -0.05) is 13.8 Å². The number of hydrogen-bond acceptors (Lipinski definition) is 6. The average Bonchev–Trinajstić information content (AvgIpc) is 3.10. The van der Waals surface area contributed by atoms with Crippen LogP contribution in [0, 0.1) is 5.82 Å². The first-order chi connectivity index (χ1) is 12.9. The number of anilines is 1. The first-order valence-corrected chi connectivity index (χ1v) is 11.0. The fraction of sp³-hybridized carbons (Fsp3) is 0.722. The zero-order chi connectivity index (χ0) is 19.6. The van der Waals surface area contributed by atoms with Crippen molar-refractivity contribution in [1.29, 1.82) is 0 Å². The maximum Gasteiger partial charge on any atom is 0.244 e. The summed E-state index contributed by atoms with van der Waals surface area (Å²) in [4.78, 5) is 8.29. The maximum absolute atomic E-state index is 14.6. The Morgan fingerprint density at radius 1 is 1.33 bits per heavy atom. The van der Waals surface area contributed by atoms with E-state index in [2.05, 4.69) is 23.7 Å². The monoisotopic (exact) mass is 400 g/mol. The van der Waals surface area contributed by atoms with Gasteiger partial charge in [0.15, 0.2) is 11.6 Å². The van der Waals surface area contributed by atoms with E-state index in [0.29, 0.717) is 38.6 Å². The number of sulfonamides is 1. The van der Waals surface area contributed by atoms with Gasteiger partial charge in [0.1, 0.15) is 4.90 Å². The van der Waals surface area contributed by atoms with E-state index >= 15 is 0 Å². The van der Waals surface area contributed by atoms with Crippen LogP contribution in [0.5, 0.6) is 0 Å². The van der Waals surface area contributed by atoms with Crippen LogP contribution in [0.25, 0.3) is 0 Å². The molecule has 152 valence electrons. The van der Waals surface area contributed by atoms with Crippen LogP contribution >= 0.6 is 0 Å². The standard InChI is InChI=1S/C18H29FN4O3S/c1-4-7-21(5-2)14-11-22(12-14)18-17(19)9-16(10-20-18)27(24,25)23-8-6-15(13-23)26-3/h9-10,14-15H,4-8,11-13H2,1-3H3/t15-/m0/s1. The summed E-state index contributed by atoms with van der Waals surface area (Å²) in [6.45, 7) is 8.37. The van der Waals surface area contributed by atoms with Crippen molar-refractivity contribution in [3.05, 3.63) is 18.1 Å². The van der Waals surface area contributed by atoms with E-state index < -0.39 is 15.8 Å².